The Kier molecular flexibility index (Phi) is 3.57. The zero-order valence-electron chi connectivity index (χ0n) is 7.47. The second-order valence-electron chi connectivity index (χ2n) is 2.91. The van der Waals surface area contributed by atoms with Gasteiger partial charge in [-0.05, 0) is 19.5 Å². The van der Waals surface area contributed by atoms with Crippen molar-refractivity contribution < 1.29 is 0 Å². The van der Waals surface area contributed by atoms with E-state index >= 15 is 0 Å². The summed E-state index contributed by atoms with van der Waals surface area (Å²) in [6, 6.07) is 8.70. The van der Waals surface area contributed by atoms with Gasteiger partial charge in [0, 0.05) is 11.9 Å². The Bertz CT molecular complexity index is 226. The van der Waals surface area contributed by atoms with Gasteiger partial charge in [0.2, 0.25) is 0 Å². The molecule has 0 aromatic heterocycles. The lowest BCUT2D eigenvalue weighted by Gasteiger charge is -2.12. The van der Waals surface area contributed by atoms with Gasteiger partial charge in [-0.15, -0.1) is 11.6 Å². The molecule has 1 rings (SSSR count). The highest BCUT2D eigenvalue weighted by Gasteiger charge is 2.05. The topological polar surface area (TPSA) is 12.0 Å². The second kappa shape index (κ2) is 4.48. The molecule has 1 aromatic carbocycles. The number of halogens is 1. The molecule has 1 atom stereocenters. The molecule has 1 N–H and O–H groups in total. The molecule has 0 amide bonds. The smallest absolute Gasteiger partial charge is 0.0455 e. The van der Waals surface area contributed by atoms with Crippen molar-refractivity contribution in [2.45, 2.75) is 13.0 Å². The monoisotopic (exact) mass is 183 g/mol. The van der Waals surface area contributed by atoms with Crippen LogP contribution in [0.2, 0.25) is 0 Å². The van der Waals surface area contributed by atoms with Crippen LogP contribution in [-0.4, -0.2) is 12.9 Å². The van der Waals surface area contributed by atoms with E-state index in [1.54, 1.807) is 0 Å². The molecule has 0 radical (unpaired) electrons. The van der Waals surface area contributed by atoms with Crippen LogP contribution < -0.4 is 5.32 Å². The molecule has 0 aliphatic heterocycles. The molecule has 0 aliphatic rings. The maximum atomic E-state index is 5.78. The summed E-state index contributed by atoms with van der Waals surface area (Å²) < 4.78 is 0. The van der Waals surface area contributed by atoms with Crippen molar-refractivity contribution in [3.63, 3.8) is 0 Å². The van der Waals surface area contributed by atoms with Crippen molar-refractivity contribution in [1.29, 1.82) is 0 Å². The number of alkyl halides is 1. The fraction of sp³-hybridized carbons (Fsp3) is 0.400. The van der Waals surface area contributed by atoms with Gasteiger partial charge < -0.3 is 5.32 Å². The molecule has 0 saturated heterocycles. The summed E-state index contributed by atoms with van der Waals surface area (Å²) >= 11 is 5.78. The molecule has 2 heteroatoms. The minimum atomic E-state index is 0.271. The van der Waals surface area contributed by atoms with Crippen LogP contribution in [0.3, 0.4) is 0 Å². The Labute approximate surface area is 78.7 Å². The lowest BCUT2D eigenvalue weighted by atomic mass is 10.1. The van der Waals surface area contributed by atoms with Gasteiger partial charge in [0.1, 0.15) is 0 Å². The highest BCUT2D eigenvalue weighted by Crippen LogP contribution is 2.14. The number of benzene rings is 1. The van der Waals surface area contributed by atoms with E-state index in [2.05, 4.69) is 36.5 Å². The Balaban J connectivity index is 2.80. The van der Waals surface area contributed by atoms with Crippen molar-refractivity contribution in [1.82, 2.24) is 5.32 Å². The minimum Gasteiger partial charge on any atom is -0.312 e. The molecule has 1 nitrogen and oxygen atoms in total. The van der Waals surface area contributed by atoms with Crippen LogP contribution in [0.5, 0.6) is 0 Å². The average molecular weight is 184 g/mol. The minimum absolute atomic E-state index is 0.271. The second-order valence-corrected chi connectivity index (χ2v) is 3.21. The summed E-state index contributed by atoms with van der Waals surface area (Å²) in [7, 11) is 1.92. The summed E-state index contributed by atoms with van der Waals surface area (Å²) in [6.07, 6.45) is 0. The van der Waals surface area contributed by atoms with Crippen LogP contribution in [0.25, 0.3) is 0 Å². The van der Waals surface area contributed by atoms with E-state index in [0.717, 1.165) is 0 Å². The average Bonchev–Trinajstić information content (AvgIpc) is 2.10. The highest BCUT2D eigenvalue weighted by molar-refractivity contribution is 6.18. The lowest BCUT2D eigenvalue weighted by Crippen LogP contribution is -2.17. The van der Waals surface area contributed by atoms with Gasteiger partial charge in [0.15, 0.2) is 0 Å². The third-order valence-electron chi connectivity index (χ3n) is 1.98. The van der Waals surface area contributed by atoms with E-state index in [4.69, 9.17) is 11.6 Å². The maximum Gasteiger partial charge on any atom is 0.0455 e. The lowest BCUT2D eigenvalue weighted by molar-refractivity contribution is 0.658. The Morgan fingerprint density at radius 2 is 1.92 bits per heavy atom. The molecule has 12 heavy (non-hydrogen) atoms. The van der Waals surface area contributed by atoms with Gasteiger partial charge in [-0.2, -0.15) is 0 Å². The molecule has 0 heterocycles. The molecule has 0 bridgehead atoms. The number of aryl methyl sites for hydroxylation is 1. The first kappa shape index (κ1) is 9.56. The number of hydrogen-bond acceptors (Lipinski definition) is 1. The normalized spacial score (nSPS) is 12.9. The zero-order valence-corrected chi connectivity index (χ0v) is 8.23. The molecular weight excluding hydrogens is 170 g/mol. The molecule has 1 aromatic rings. The number of rotatable bonds is 3. The molecule has 66 valence electrons. The fourth-order valence-corrected chi connectivity index (χ4v) is 1.46. The van der Waals surface area contributed by atoms with Crippen LogP contribution in [0.15, 0.2) is 24.3 Å². The van der Waals surface area contributed by atoms with Gasteiger partial charge in [-0.3, -0.25) is 0 Å². The molecule has 0 saturated carbocycles. The molecule has 0 aliphatic carbocycles. The van der Waals surface area contributed by atoms with Gasteiger partial charge in [0.25, 0.3) is 0 Å². The highest BCUT2D eigenvalue weighted by atomic mass is 35.5. The summed E-state index contributed by atoms with van der Waals surface area (Å²) in [5.41, 5.74) is 2.53. The largest absolute Gasteiger partial charge is 0.312 e. The fourth-order valence-electron chi connectivity index (χ4n) is 1.13. The van der Waals surface area contributed by atoms with E-state index < -0.39 is 0 Å². The van der Waals surface area contributed by atoms with E-state index in [1.807, 2.05) is 7.05 Å². The van der Waals surface area contributed by atoms with Crippen molar-refractivity contribution in [3.8, 4) is 0 Å². The first-order valence-electron chi connectivity index (χ1n) is 4.07. The van der Waals surface area contributed by atoms with Gasteiger partial charge >= 0.3 is 0 Å². The predicted octanol–water partition coefficient (Wildman–Crippen LogP) is 2.49. The summed E-state index contributed by atoms with van der Waals surface area (Å²) in [4.78, 5) is 0. The Morgan fingerprint density at radius 3 is 2.33 bits per heavy atom. The molecule has 1 unspecified atom stereocenters. The van der Waals surface area contributed by atoms with Crippen molar-refractivity contribution in [3.05, 3.63) is 35.4 Å². The number of nitrogens with one attached hydrogen (secondary N) is 1. The van der Waals surface area contributed by atoms with E-state index in [9.17, 15) is 0 Å². The predicted molar refractivity (Wildman–Crippen MR) is 53.7 cm³/mol. The van der Waals surface area contributed by atoms with Crippen molar-refractivity contribution in [2.75, 3.05) is 12.9 Å². The quantitative estimate of drug-likeness (QED) is 0.711. The van der Waals surface area contributed by atoms with Crippen LogP contribution in [0.4, 0.5) is 0 Å². The molecule has 0 spiro atoms. The van der Waals surface area contributed by atoms with Gasteiger partial charge in [-0.25, -0.2) is 0 Å². The Morgan fingerprint density at radius 1 is 1.33 bits per heavy atom. The van der Waals surface area contributed by atoms with Gasteiger partial charge in [0.05, 0.1) is 0 Å². The van der Waals surface area contributed by atoms with E-state index in [0.29, 0.717) is 5.88 Å². The first-order valence-corrected chi connectivity index (χ1v) is 4.61. The third-order valence-corrected chi connectivity index (χ3v) is 2.29. The zero-order chi connectivity index (χ0) is 8.97. The van der Waals surface area contributed by atoms with Crippen LogP contribution in [0, 0.1) is 6.92 Å². The third kappa shape index (κ3) is 2.23. The van der Waals surface area contributed by atoms with Crippen LogP contribution in [0.1, 0.15) is 17.2 Å². The van der Waals surface area contributed by atoms with Crippen molar-refractivity contribution in [2.24, 2.45) is 0 Å². The first-order chi connectivity index (χ1) is 5.77. The van der Waals surface area contributed by atoms with Gasteiger partial charge in [-0.1, -0.05) is 29.8 Å². The number of hydrogen-bond donors (Lipinski definition) is 1. The van der Waals surface area contributed by atoms with Crippen LogP contribution >= 0.6 is 11.6 Å². The summed E-state index contributed by atoms with van der Waals surface area (Å²) in [5, 5.41) is 3.16. The summed E-state index contributed by atoms with van der Waals surface area (Å²) in [6.45, 7) is 2.08. The van der Waals surface area contributed by atoms with Crippen molar-refractivity contribution >= 4 is 11.6 Å². The summed E-state index contributed by atoms with van der Waals surface area (Å²) in [5.74, 6) is 0.611. The van der Waals surface area contributed by atoms with Crippen LogP contribution in [-0.2, 0) is 0 Å². The molecular formula is C10H14ClN. The SMILES string of the molecule is CNC(CCl)c1ccc(C)cc1. The molecule has 0 fully saturated rings. The van der Waals surface area contributed by atoms with E-state index in [1.165, 1.54) is 11.1 Å². The Hall–Kier alpha value is -0.530. The van der Waals surface area contributed by atoms with E-state index in [-0.39, 0.29) is 6.04 Å². The maximum absolute atomic E-state index is 5.78. The standard InChI is InChI=1S/C10H14ClN/c1-8-3-5-9(6-4-8)10(7-11)12-2/h3-6,10,12H,7H2,1-2H3.